The maximum Gasteiger partial charge on any atom is 0.272 e. The summed E-state index contributed by atoms with van der Waals surface area (Å²) in [5.41, 5.74) is 3.64. The van der Waals surface area contributed by atoms with Gasteiger partial charge in [-0.1, -0.05) is 35.9 Å². The van der Waals surface area contributed by atoms with Gasteiger partial charge in [-0.05, 0) is 49.7 Å². The third kappa shape index (κ3) is 3.75. The standard InChI is InChI=1S/C18H20NO4/c1-11-8-12(2)18(13(3)9-11)17(21)10-16(20)14-6-4-5-7-15(14)19(22)23/h4-10,16-17,20-21H,1-3H3/q-1. The highest BCUT2D eigenvalue weighted by Crippen LogP contribution is 2.33. The smallest absolute Gasteiger partial charge is 0.272 e. The van der Waals surface area contributed by atoms with Gasteiger partial charge in [0.25, 0.3) is 5.69 Å². The summed E-state index contributed by atoms with van der Waals surface area (Å²) in [6.07, 6.45) is -0.926. The zero-order valence-electron chi connectivity index (χ0n) is 13.4. The van der Waals surface area contributed by atoms with Gasteiger partial charge in [-0.2, -0.15) is 0 Å². The molecule has 0 bridgehead atoms. The largest absolute Gasteiger partial charge is 0.420 e. The average Bonchev–Trinajstić information content (AvgIpc) is 2.45. The number of nitrogens with zero attached hydrogens (tertiary/aromatic N) is 1. The number of hydrogen-bond acceptors (Lipinski definition) is 4. The SMILES string of the molecule is Cc1cc(C)c(C(O)[CH-]C(O)c2ccccc2[N+](=O)[O-])c(C)c1. The molecule has 23 heavy (non-hydrogen) atoms. The first-order chi connectivity index (χ1) is 10.8. The van der Waals surface area contributed by atoms with Gasteiger partial charge in [-0.15, -0.1) is 0 Å². The number of benzene rings is 2. The molecule has 0 saturated heterocycles. The van der Waals surface area contributed by atoms with E-state index in [9.17, 15) is 20.3 Å². The average molecular weight is 314 g/mol. The molecule has 0 aliphatic rings. The van der Waals surface area contributed by atoms with Gasteiger partial charge in [0.15, 0.2) is 0 Å². The third-order valence-electron chi connectivity index (χ3n) is 3.85. The summed E-state index contributed by atoms with van der Waals surface area (Å²) in [4.78, 5) is 10.5. The zero-order valence-corrected chi connectivity index (χ0v) is 13.4. The maximum absolute atomic E-state index is 11.0. The lowest BCUT2D eigenvalue weighted by molar-refractivity contribution is -0.386. The first kappa shape index (κ1) is 17.1. The number of rotatable bonds is 5. The summed E-state index contributed by atoms with van der Waals surface area (Å²) in [6, 6.07) is 9.89. The Morgan fingerprint density at radius 1 is 1.04 bits per heavy atom. The van der Waals surface area contributed by atoms with E-state index in [2.05, 4.69) is 0 Å². The Balaban J connectivity index is 2.28. The van der Waals surface area contributed by atoms with Crippen LogP contribution in [0.4, 0.5) is 5.69 Å². The molecule has 0 aliphatic heterocycles. The minimum atomic E-state index is -1.23. The van der Waals surface area contributed by atoms with Crippen molar-refractivity contribution in [2.45, 2.75) is 33.0 Å². The van der Waals surface area contributed by atoms with E-state index in [1.54, 1.807) is 12.1 Å². The topological polar surface area (TPSA) is 83.6 Å². The molecule has 2 N–H and O–H groups in total. The lowest BCUT2D eigenvalue weighted by Gasteiger charge is -2.29. The van der Waals surface area contributed by atoms with Gasteiger partial charge in [0.1, 0.15) is 0 Å². The van der Waals surface area contributed by atoms with Crippen LogP contribution in [-0.2, 0) is 0 Å². The monoisotopic (exact) mass is 314 g/mol. The van der Waals surface area contributed by atoms with E-state index in [1.165, 1.54) is 18.6 Å². The predicted molar refractivity (Wildman–Crippen MR) is 88.0 cm³/mol. The van der Waals surface area contributed by atoms with Gasteiger partial charge in [0, 0.05) is 11.6 Å². The molecular weight excluding hydrogens is 294 g/mol. The number of nitro benzene ring substituents is 1. The summed E-state index contributed by atoms with van der Waals surface area (Å²) >= 11 is 0. The Morgan fingerprint density at radius 3 is 2.17 bits per heavy atom. The van der Waals surface area contributed by atoms with Crippen molar-refractivity contribution in [1.29, 1.82) is 0 Å². The van der Waals surface area contributed by atoms with Crippen molar-refractivity contribution in [2.75, 3.05) is 0 Å². The van der Waals surface area contributed by atoms with Crippen LogP contribution >= 0.6 is 0 Å². The summed E-state index contributed by atoms with van der Waals surface area (Å²) in [5.74, 6) is 0. The van der Waals surface area contributed by atoms with Crippen molar-refractivity contribution in [3.63, 3.8) is 0 Å². The summed E-state index contributed by atoms with van der Waals surface area (Å²) in [7, 11) is 0. The molecule has 0 aliphatic carbocycles. The molecule has 0 amide bonds. The molecule has 5 nitrogen and oxygen atoms in total. The minimum absolute atomic E-state index is 0.166. The van der Waals surface area contributed by atoms with E-state index < -0.39 is 17.1 Å². The highest BCUT2D eigenvalue weighted by molar-refractivity contribution is 5.44. The lowest BCUT2D eigenvalue weighted by atomic mass is 9.91. The fourth-order valence-electron chi connectivity index (χ4n) is 2.93. The van der Waals surface area contributed by atoms with Crippen LogP contribution in [0.3, 0.4) is 0 Å². The van der Waals surface area contributed by atoms with E-state index in [0.717, 1.165) is 16.7 Å². The maximum atomic E-state index is 11.0. The van der Waals surface area contributed by atoms with Crippen LogP contribution in [0.5, 0.6) is 0 Å². The highest BCUT2D eigenvalue weighted by atomic mass is 16.6. The van der Waals surface area contributed by atoms with Crippen LogP contribution in [0.15, 0.2) is 36.4 Å². The number of para-hydroxylation sites is 1. The van der Waals surface area contributed by atoms with E-state index >= 15 is 0 Å². The summed E-state index contributed by atoms with van der Waals surface area (Å²) in [5, 5.41) is 31.8. The molecule has 2 atom stereocenters. The van der Waals surface area contributed by atoms with Gasteiger partial charge >= 0.3 is 0 Å². The van der Waals surface area contributed by atoms with Crippen LogP contribution < -0.4 is 0 Å². The molecule has 0 spiro atoms. The number of nitro groups is 1. The van der Waals surface area contributed by atoms with E-state index in [-0.39, 0.29) is 11.3 Å². The molecule has 0 heterocycles. The van der Waals surface area contributed by atoms with Crippen molar-refractivity contribution < 1.29 is 15.1 Å². The number of aryl methyl sites for hydroxylation is 3. The number of hydrogen-bond donors (Lipinski definition) is 2. The molecule has 0 fully saturated rings. The molecule has 2 rings (SSSR count). The van der Waals surface area contributed by atoms with Crippen LogP contribution in [0.2, 0.25) is 0 Å². The second-order valence-corrected chi connectivity index (χ2v) is 5.71. The Hall–Kier alpha value is -2.24. The Kier molecular flexibility index (Phi) is 5.13. The van der Waals surface area contributed by atoms with Crippen LogP contribution in [0.1, 0.15) is 40.0 Å². The molecule has 122 valence electrons. The quantitative estimate of drug-likeness (QED) is 0.502. The first-order valence-corrected chi connectivity index (χ1v) is 7.33. The van der Waals surface area contributed by atoms with Gasteiger partial charge in [0.05, 0.1) is 4.92 Å². The molecule has 2 aromatic carbocycles. The molecular formula is C18H20NO4-. The molecule has 2 aromatic rings. The minimum Gasteiger partial charge on any atom is -0.420 e. The molecule has 0 radical (unpaired) electrons. The van der Waals surface area contributed by atoms with Gasteiger partial charge in [-0.25, -0.2) is 0 Å². The van der Waals surface area contributed by atoms with E-state index in [1.807, 2.05) is 32.9 Å². The molecule has 0 aromatic heterocycles. The Morgan fingerprint density at radius 2 is 1.61 bits per heavy atom. The predicted octanol–water partition coefficient (Wildman–Crippen LogP) is 3.49. The molecule has 0 saturated carbocycles. The molecule has 5 heteroatoms. The second-order valence-electron chi connectivity index (χ2n) is 5.71. The van der Waals surface area contributed by atoms with Crippen LogP contribution in [0, 0.1) is 37.3 Å². The zero-order chi connectivity index (χ0) is 17.1. The van der Waals surface area contributed by atoms with Crippen molar-refractivity contribution in [2.24, 2.45) is 0 Å². The lowest BCUT2D eigenvalue weighted by Crippen LogP contribution is -2.11. The fourth-order valence-corrected chi connectivity index (χ4v) is 2.93. The van der Waals surface area contributed by atoms with E-state index in [4.69, 9.17) is 0 Å². The second kappa shape index (κ2) is 6.89. The highest BCUT2D eigenvalue weighted by Gasteiger charge is 2.17. The van der Waals surface area contributed by atoms with Gasteiger partial charge < -0.3 is 10.2 Å². The van der Waals surface area contributed by atoms with Crippen molar-refractivity contribution in [3.8, 4) is 0 Å². The Bertz CT molecular complexity index is 704. The normalized spacial score (nSPS) is 13.6. The van der Waals surface area contributed by atoms with E-state index in [0.29, 0.717) is 5.56 Å². The van der Waals surface area contributed by atoms with Crippen LogP contribution in [0.25, 0.3) is 0 Å². The van der Waals surface area contributed by atoms with Gasteiger partial charge in [-0.3, -0.25) is 16.5 Å². The summed E-state index contributed by atoms with van der Waals surface area (Å²) < 4.78 is 0. The fraction of sp³-hybridized carbons (Fsp3) is 0.278. The van der Waals surface area contributed by atoms with Gasteiger partial charge in [0.2, 0.25) is 0 Å². The summed E-state index contributed by atoms with van der Waals surface area (Å²) in [6.45, 7) is 5.76. The van der Waals surface area contributed by atoms with Crippen molar-refractivity contribution in [1.82, 2.24) is 0 Å². The third-order valence-corrected chi connectivity index (χ3v) is 3.85. The first-order valence-electron chi connectivity index (χ1n) is 7.33. The van der Waals surface area contributed by atoms with Crippen molar-refractivity contribution in [3.05, 3.63) is 80.8 Å². The van der Waals surface area contributed by atoms with Crippen molar-refractivity contribution >= 4 is 5.69 Å². The van der Waals surface area contributed by atoms with Crippen LogP contribution in [-0.4, -0.2) is 15.1 Å². The Labute approximate surface area is 135 Å². The number of aliphatic hydroxyl groups excluding tert-OH is 2. The molecule has 2 unspecified atom stereocenters. The number of aliphatic hydroxyl groups is 2.